The third kappa shape index (κ3) is 9.56. The van der Waals surface area contributed by atoms with Crippen molar-refractivity contribution >= 4 is 67.1 Å². The van der Waals surface area contributed by atoms with E-state index in [1.807, 2.05) is 31.2 Å². The van der Waals surface area contributed by atoms with E-state index in [2.05, 4.69) is 44.1 Å². The Bertz CT molecular complexity index is 3930. The van der Waals surface area contributed by atoms with Gasteiger partial charge in [0.25, 0.3) is 17.7 Å². The molecule has 0 radical (unpaired) electrons. The van der Waals surface area contributed by atoms with Crippen molar-refractivity contribution in [2.75, 3.05) is 37.3 Å². The van der Waals surface area contributed by atoms with Gasteiger partial charge in [0.15, 0.2) is 21.2 Å². The number of aryl methyl sites for hydroxylation is 2. The third-order valence-electron chi connectivity index (χ3n) is 14.8. The van der Waals surface area contributed by atoms with Gasteiger partial charge >= 0.3 is 0 Å². The predicted molar refractivity (Wildman–Crippen MR) is 298 cm³/mol. The third-order valence-corrected chi connectivity index (χ3v) is 17.9. The Labute approximate surface area is 463 Å². The SMILES string of the molecule is COc1cccc2c1CC(c1ccc(OC)c3c1-c1sc(NC(=O)c4ccncc4C)nc1CC(c1cc(OC)c4c(c1)-c1sc(NC(=O)c5c(F)cccc5F)nc1CCC4)C3)Cc1nc(NC(=O)c3ccncc3F)sc1-2. The number of fused-ring (bicyclic) bond motifs is 9. The average molecular weight is 1120 g/mol. The van der Waals surface area contributed by atoms with Gasteiger partial charge in [-0.1, -0.05) is 58.3 Å². The van der Waals surface area contributed by atoms with Gasteiger partial charge in [-0.05, 0) is 129 Å². The lowest BCUT2D eigenvalue weighted by molar-refractivity contribution is 0.101. The smallest absolute Gasteiger partial charge is 0.263 e. The Morgan fingerprint density at radius 2 is 1.15 bits per heavy atom. The molecule has 9 aromatic rings. The van der Waals surface area contributed by atoms with Crippen LogP contribution in [0.3, 0.4) is 0 Å². The number of anilines is 3. The highest BCUT2D eigenvalue weighted by Gasteiger charge is 2.36. The summed E-state index contributed by atoms with van der Waals surface area (Å²) in [6.45, 7) is 1.83. The van der Waals surface area contributed by atoms with E-state index in [1.54, 1.807) is 39.8 Å². The first-order chi connectivity index (χ1) is 38.4. The predicted octanol–water partition coefficient (Wildman–Crippen LogP) is 12.6. The van der Waals surface area contributed by atoms with Crippen molar-refractivity contribution in [1.82, 2.24) is 24.9 Å². The highest BCUT2D eigenvalue weighted by atomic mass is 32.1. The van der Waals surface area contributed by atoms with Crippen LogP contribution in [0.5, 0.6) is 17.2 Å². The summed E-state index contributed by atoms with van der Waals surface area (Å²) in [7, 11) is 4.94. The average Bonchev–Trinajstić information content (AvgIpc) is 4.31. The van der Waals surface area contributed by atoms with Gasteiger partial charge in [0.1, 0.15) is 34.4 Å². The normalized spacial score (nSPS) is 15.1. The lowest BCUT2D eigenvalue weighted by Crippen LogP contribution is -2.15. The van der Waals surface area contributed by atoms with Crippen molar-refractivity contribution in [3.63, 3.8) is 0 Å². The van der Waals surface area contributed by atoms with Crippen molar-refractivity contribution in [3.8, 4) is 48.6 Å². The molecule has 5 aromatic heterocycles. The summed E-state index contributed by atoms with van der Waals surface area (Å²) >= 11 is 3.95. The van der Waals surface area contributed by atoms with E-state index in [4.69, 9.17) is 29.2 Å². The van der Waals surface area contributed by atoms with Gasteiger partial charge in [0.05, 0.1) is 64.8 Å². The summed E-state index contributed by atoms with van der Waals surface area (Å²) in [6.07, 6.45) is 9.54. The number of hydrogen-bond donors (Lipinski definition) is 3. The molecule has 79 heavy (non-hydrogen) atoms. The topological polar surface area (TPSA) is 179 Å². The summed E-state index contributed by atoms with van der Waals surface area (Å²) in [4.78, 5) is 66.4. The van der Waals surface area contributed by atoms with Crippen LogP contribution < -0.4 is 30.2 Å². The molecule has 0 fully saturated rings. The van der Waals surface area contributed by atoms with E-state index < -0.39 is 34.8 Å². The lowest BCUT2D eigenvalue weighted by atomic mass is 9.82. The summed E-state index contributed by atoms with van der Waals surface area (Å²) in [5.74, 6) is -3.03. The van der Waals surface area contributed by atoms with Crippen LogP contribution in [-0.4, -0.2) is 64.0 Å². The van der Waals surface area contributed by atoms with Crippen LogP contribution in [0.25, 0.3) is 31.3 Å². The van der Waals surface area contributed by atoms with Crippen molar-refractivity contribution in [2.24, 2.45) is 0 Å². The maximum absolute atomic E-state index is 14.8. The molecule has 0 bridgehead atoms. The second kappa shape index (κ2) is 21.1. The van der Waals surface area contributed by atoms with Gasteiger partial charge in [-0.2, -0.15) is 0 Å². The maximum atomic E-state index is 14.8. The van der Waals surface area contributed by atoms with Gasteiger partial charge in [-0.15, -0.1) is 0 Å². The molecule has 3 aliphatic carbocycles. The lowest BCUT2D eigenvalue weighted by Gasteiger charge is -2.24. The molecule has 3 aliphatic rings. The number of thiazole rings is 3. The fourth-order valence-corrected chi connectivity index (χ4v) is 14.3. The molecule has 20 heteroatoms. The molecule has 2 atom stereocenters. The number of amides is 3. The summed E-state index contributed by atoms with van der Waals surface area (Å²) < 4.78 is 62.8. The van der Waals surface area contributed by atoms with Gasteiger partial charge in [-0.3, -0.25) is 40.3 Å². The Morgan fingerprint density at radius 1 is 0.557 bits per heavy atom. The number of benzene rings is 4. The van der Waals surface area contributed by atoms with E-state index in [-0.39, 0.29) is 28.4 Å². The molecular formula is C59H47F3N8O6S3. The molecule has 0 aliphatic heterocycles. The van der Waals surface area contributed by atoms with Crippen LogP contribution in [0, 0.1) is 24.4 Å². The molecule has 4 aromatic carbocycles. The van der Waals surface area contributed by atoms with Crippen LogP contribution in [0.4, 0.5) is 28.6 Å². The second-order valence-corrected chi connectivity index (χ2v) is 22.4. The Balaban J connectivity index is 0.984. The first kappa shape index (κ1) is 51.4. The van der Waals surface area contributed by atoms with Gasteiger partial charge in [0.2, 0.25) is 0 Å². The maximum Gasteiger partial charge on any atom is 0.263 e. The van der Waals surface area contributed by atoms with E-state index >= 15 is 0 Å². The quantitative estimate of drug-likeness (QED) is 0.112. The Morgan fingerprint density at radius 3 is 1.86 bits per heavy atom. The van der Waals surface area contributed by atoms with E-state index in [0.29, 0.717) is 77.2 Å². The van der Waals surface area contributed by atoms with E-state index in [1.165, 1.54) is 52.3 Å². The highest BCUT2D eigenvalue weighted by molar-refractivity contribution is 7.20. The fourth-order valence-electron chi connectivity index (χ4n) is 11.1. The van der Waals surface area contributed by atoms with Crippen LogP contribution in [0.1, 0.15) is 99.8 Å². The fraction of sp³-hybridized carbons (Fsp3) is 0.220. The van der Waals surface area contributed by atoms with Crippen LogP contribution in [0.15, 0.2) is 97.6 Å². The van der Waals surface area contributed by atoms with Crippen molar-refractivity contribution in [3.05, 3.63) is 182 Å². The molecular weight excluding hydrogens is 1070 g/mol. The standard InChI is InChI=1S/C59H47F3N8O6S3/c1-28-26-63-18-16-32(28)54(71)68-59-67-45-23-29(30-20-38-34(48(25-30)76-4)8-5-12-43-52(38)78-57(65-43)70-56(73)50-40(60)10-7-11-41(50)61)21-39-47(75-3)15-14-33(49(39)53(45)79-59)31-22-37-35(9-6-13-46(37)74-2)51-44(24-31)66-58(77-51)69-55(72)36-17-19-64-27-42(36)62/h6-7,9-11,13-20,25-27,29,31H,5,8,12,21-24H2,1-4H3,(H,65,70,73)(H,66,69,72)(H,67,68,71). The number of hydrogen-bond acceptors (Lipinski definition) is 14. The minimum absolute atomic E-state index is 0.153. The molecule has 3 N–H and O–H groups in total. The van der Waals surface area contributed by atoms with Gasteiger partial charge < -0.3 is 14.2 Å². The minimum atomic E-state index is -0.975. The number of carbonyl (C=O) groups excluding carboxylic acids is 3. The summed E-state index contributed by atoms with van der Waals surface area (Å²) in [5, 5.41) is 9.54. The summed E-state index contributed by atoms with van der Waals surface area (Å²) in [5.41, 5.74) is 10.1. The minimum Gasteiger partial charge on any atom is -0.496 e. The largest absolute Gasteiger partial charge is 0.496 e. The number of methoxy groups -OCH3 is 3. The van der Waals surface area contributed by atoms with Crippen molar-refractivity contribution < 1.29 is 41.8 Å². The second-order valence-electron chi connectivity index (χ2n) is 19.4. The number of aromatic nitrogens is 5. The van der Waals surface area contributed by atoms with Crippen LogP contribution in [-0.2, 0) is 38.5 Å². The zero-order chi connectivity index (χ0) is 54.6. The van der Waals surface area contributed by atoms with Crippen molar-refractivity contribution in [2.45, 2.75) is 63.7 Å². The molecule has 0 spiro atoms. The summed E-state index contributed by atoms with van der Waals surface area (Å²) in [6, 6.07) is 20.5. The number of carbonyl (C=O) groups is 3. The van der Waals surface area contributed by atoms with Gasteiger partial charge in [-0.25, -0.2) is 28.1 Å². The van der Waals surface area contributed by atoms with Crippen LogP contribution >= 0.6 is 34.0 Å². The Kier molecular flexibility index (Phi) is 13.8. The van der Waals surface area contributed by atoms with Crippen molar-refractivity contribution in [1.29, 1.82) is 0 Å². The first-order valence-electron chi connectivity index (χ1n) is 25.3. The Hall–Kier alpha value is -8.33. The van der Waals surface area contributed by atoms with Crippen LogP contribution in [0.2, 0.25) is 0 Å². The van der Waals surface area contributed by atoms with E-state index in [0.717, 1.165) is 101 Å². The number of pyridine rings is 2. The molecule has 14 nitrogen and oxygen atoms in total. The number of ether oxygens (including phenoxy) is 3. The molecule has 3 amide bonds. The monoisotopic (exact) mass is 1120 g/mol. The zero-order valence-electron chi connectivity index (χ0n) is 42.9. The zero-order valence-corrected chi connectivity index (χ0v) is 45.3. The number of rotatable bonds is 11. The highest BCUT2D eigenvalue weighted by Crippen LogP contribution is 2.53. The number of nitrogens with zero attached hydrogens (tertiary/aromatic N) is 5. The molecule has 398 valence electrons. The number of nitrogens with one attached hydrogen (secondary N) is 3. The molecule has 5 heterocycles. The molecule has 12 rings (SSSR count). The van der Waals surface area contributed by atoms with Gasteiger partial charge in [0, 0.05) is 57.5 Å². The molecule has 0 saturated heterocycles. The molecule has 0 saturated carbocycles. The number of halogens is 3. The first-order valence-corrected chi connectivity index (χ1v) is 27.8. The molecule has 2 unspecified atom stereocenters. The van der Waals surface area contributed by atoms with E-state index in [9.17, 15) is 27.6 Å².